The van der Waals surface area contributed by atoms with Gasteiger partial charge in [0.15, 0.2) is 5.82 Å². The van der Waals surface area contributed by atoms with Gasteiger partial charge in [-0.05, 0) is 43.5 Å². The van der Waals surface area contributed by atoms with Gasteiger partial charge < -0.3 is 19.9 Å². The molecule has 2 amide bonds. The van der Waals surface area contributed by atoms with E-state index in [1.54, 1.807) is 0 Å². The molecule has 0 spiro atoms. The number of ether oxygens (including phenoxy) is 1. The van der Waals surface area contributed by atoms with E-state index < -0.39 is 0 Å². The molecule has 152 valence electrons. The van der Waals surface area contributed by atoms with Crippen LogP contribution in [0, 0.1) is 0 Å². The molecule has 0 atom stereocenters. The number of anilines is 1. The largest absolute Gasteiger partial charge is 0.378 e. The predicted molar refractivity (Wildman–Crippen MR) is 108 cm³/mol. The number of aromatic nitrogens is 2. The first-order valence-electron chi connectivity index (χ1n) is 10.2. The second-order valence-electron chi connectivity index (χ2n) is 7.56. The van der Waals surface area contributed by atoms with Gasteiger partial charge in [0.25, 0.3) is 5.89 Å². The van der Waals surface area contributed by atoms with Gasteiger partial charge in [-0.3, -0.25) is 0 Å². The number of hydrogen-bond acceptors (Lipinski definition) is 5. The molecule has 1 aromatic carbocycles. The molecule has 2 aromatic rings. The first kappa shape index (κ1) is 20.3. The molecule has 1 fully saturated rings. The van der Waals surface area contributed by atoms with Gasteiger partial charge in [-0.15, -0.1) is 0 Å². The molecule has 0 bridgehead atoms. The minimum absolute atomic E-state index is 0.217. The Morgan fingerprint density at radius 2 is 1.96 bits per heavy atom. The summed E-state index contributed by atoms with van der Waals surface area (Å²) in [6.45, 7) is 5.32. The van der Waals surface area contributed by atoms with Crippen LogP contribution in [0.15, 0.2) is 28.8 Å². The second kappa shape index (κ2) is 10.2. The third-order valence-electron chi connectivity index (χ3n) is 4.86. The topological polar surface area (TPSA) is 89.3 Å². The molecule has 2 N–H and O–H groups in total. The Bertz CT molecular complexity index is 736. The van der Waals surface area contributed by atoms with Gasteiger partial charge in [-0.1, -0.05) is 38.3 Å². The second-order valence-corrected chi connectivity index (χ2v) is 7.56. The number of carbonyl (C=O) groups excluding carboxylic acids is 1. The summed E-state index contributed by atoms with van der Waals surface area (Å²) in [6.07, 6.45) is 7.45. The average molecular weight is 386 g/mol. The van der Waals surface area contributed by atoms with E-state index >= 15 is 0 Å². The number of hydrogen-bond donors (Lipinski definition) is 2. The van der Waals surface area contributed by atoms with Gasteiger partial charge >= 0.3 is 6.03 Å². The molecule has 0 aliphatic heterocycles. The fourth-order valence-corrected chi connectivity index (χ4v) is 3.21. The lowest BCUT2D eigenvalue weighted by atomic mass is 9.98. The molecule has 1 heterocycles. The first-order chi connectivity index (χ1) is 13.6. The zero-order valence-electron chi connectivity index (χ0n) is 16.7. The lowest BCUT2D eigenvalue weighted by Crippen LogP contribution is -2.30. The highest BCUT2D eigenvalue weighted by Gasteiger charge is 2.13. The van der Waals surface area contributed by atoms with E-state index in [1.807, 2.05) is 38.1 Å². The Hall–Kier alpha value is -2.41. The van der Waals surface area contributed by atoms with Crippen LogP contribution in [0.4, 0.5) is 10.5 Å². The molecular formula is C21H30N4O3. The van der Waals surface area contributed by atoms with Gasteiger partial charge in [0.2, 0.25) is 0 Å². The van der Waals surface area contributed by atoms with Gasteiger partial charge in [-0.2, -0.15) is 4.98 Å². The van der Waals surface area contributed by atoms with Crippen LogP contribution in [0.25, 0.3) is 11.5 Å². The van der Waals surface area contributed by atoms with Crippen LogP contribution in [0.5, 0.6) is 0 Å². The normalized spacial score (nSPS) is 15.0. The van der Waals surface area contributed by atoms with Crippen molar-refractivity contribution in [3.05, 3.63) is 30.1 Å². The fourth-order valence-electron chi connectivity index (χ4n) is 3.21. The van der Waals surface area contributed by atoms with Crippen LogP contribution in [0.1, 0.15) is 64.1 Å². The Morgan fingerprint density at radius 3 is 2.64 bits per heavy atom. The third kappa shape index (κ3) is 6.05. The maximum Gasteiger partial charge on any atom is 0.319 e. The van der Waals surface area contributed by atoms with Gasteiger partial charge in [0.05, 0.1) is 6.10 Å². The van der Waals surface area contributed by atoms with Crippen molar-refractivity contribution in [1.29, 1.82) is 0 Å². The lowest BCUT2D eigenvalue weighted by Gasteiger charge is -2.21. The van der Waals surface area contributed by atoms with Crippen molar-refractivity contribution in [1.82, 2.24) is 15.5 Å². The molecule has 7 nitrogen and oxygen atoms in total. The number of carbonyl (C=O) groups is 1. The number of benzene rings is 1. The van der Waals surface area contributed by atoms with E-state index in [4.69, 9.17) is 9.26 Å². The van der Waals surface area contributed by atoms with E-state index in [0.717, 1.165) is 12.0 Å². The number of nitrogens with one attached hydrogen (secondary N) is 2. The summed E-state index contributed by atoms with van der Waals surface area (Å²) in [4.78, 5) is 16.4. The van der Waals surface area contributed by atoms with Gasteiger partial charge in [-0.25, -0.2) is 4.79 Å². The van der Waals surface area contributed by atoms with E-state index in [2.05, 4.69) is 20.8 Å². The molecule has 1 aromatic heterocycles. The van der Waals surface area contributed by atoms with Crippen molar-refractivity contribution >= 4 is 11.7 Å². The molecule has 1 aliphatic carbocycles. The molecule has 1 saturated carbocycles. The first-order valence-corrected chi connectivity index (χ1v) is 10.2. The predicted octanol–water partition coefficient (Wildman–Crippen LogP) is 4.72. The standard InChI is InChI=1S/C21H30N4O3/c1-15(2)19-24-20(28-25-19)16-9-11-17(12-10-16)23-21(26)22-13-6-14-27-18-7-4-3-5-8-18/h9-12,15,18H,3-8,13-14H2,1-2H3,(H2,22,23,26). The smallest absolute Gasteiger partial charge is 0.319 e. The number of amides is 2. The van der Waals surface area contributed by atoms with Crippen molar-refractivity contribution in [2.45, 2.75) is 64.4 Å². The van der Waals surface area contributed by atoms with E-state index in [1.165, 1.54) is 32.1 Å². The van der Waals surface area contributed by atoms with Gasteiger partial charge in [0.1, 0.15) is 0 Å². The zero-order chi connectivity index (χ0) is 19.8. The molecule has 0 unspecified atom stereocenters. The maximum atomic E-state index is 12.0. The van der Waals surface area contributed by atoms with Crippen molar-refractivity contribution in [2.75, 3.05) is 18.5 Å². The minimum Gasteiger partial charge on any atom is -0.378 e. The van der Waals surface area contributed by atoms with Crippen LogP contribution < -0.4 is 10.6 Å². The molecule has 7 heteroatoms. The summed E-state index contributed by atoms with van der Waals surface area (Å²) >= 11 is 0. The monoisotopic (exact) mass is 386 g/mol. The highest BCUT2D eigenvalue weighted by atomic mass is 16.5. The Morgan fingerprint density at radius 1 is 1.21 bits per heavy atom. The van der Waals surface area contributed by atoms with Crippen LogP contribution in [0.2, 0.25) is 0 Å². The van der Waals surface area contributed by atoms with Crippen molar-refractivity contribution in [3.63, 3.8) is 0 Å². The number of urea groups is 1. The van der Waals surface area contributed by atoms with Crippen molar-refractivity contribution < 1.29 is 14.1 Å². The van der Waals surface area contributed by atoms with Crippen LogP contribution in [-0.4, -0.2) is 35.4 Å². The van der Waals surface area contributed by atoms with E-state index in [0.29, 0.717) is 36.7 Å². The Labute approximate surface area is 166 Å². The minimum atomic E-state index is -0.217. The van der Waals surface area contributed by atoms with Crippen molar-refractivity contribution in [2.24, 2.45) is 0 Å². The summed E-state index contributed by atoms with van der Waals surface area (Å²) in [5, 5.41) is 9.65. The van der Waals surface area contributed by atoms with Crippen molar-refractivity contribution in [3.8, 4) is 11.5 Å². The summed E-state index contributed by atoms with van der Waals surface area (Å²) in [7, 11) is 0. The molecule has 1 aliphatic rings. The van der Waals surface area contributed by atoms with Crippen LogP contribution in [-0.2, 0) is 4.74 Å². The Kier molecular flexibility index (Phi) is 7.42. The fraction of sp³-hybridized carbons (Fsp3) is 0.571. The molecule has 3 rings (SSSR count). The summed E-state index contributed by atoms with van der Waals surface area (Å²) in [6, 6.07) is 7.13. The molecular weight excluding hydrogens is 356 g/mol. The molecule has 28 heavy (non-hydrogen) atoms. The summed E-state index contributed by atoms with van der Waals surface area (Å²) in [5.74, 6) is 1.39. The SMILES string of the molecule is CC(C)c1noc(-c2ccc(NC(=O)NCCCOC3CCCCC3)cc2)n1. The summed E-state index contributed by atoms with van der Waals surface area (Å²) < 4.78 is 11.1. The highest BCUT2D eigenvalue weighted by molar-refractivity contribution is 5.89. The summed E-state index contributed by atoms with van der Waals surface area (Å²) in [5.41, 5.74) is 1.54. The maximum absolute atomic E-state index is 12.0. The van der Waals surface area contributed by atoms with Crippen LogP contribution in [0.3, 0.4) is 0 Å². The number of nitrogens with zero attached hydrogens (tertiary/aromatic N) is 2. The lowest BCUT2D eigenvalue weighted by molar-refractivity contribution is 0.0276. The van der Waals surface area contributed by atoms with E-state index in [9.17, 15) is 4.79 Å². The third-order valence-corrected chi connectivity index (χ3v) is 4.86. The van der Waals surface area contributed by atoms with E-state index in [-0.39, 0.29) is 11.9 Å². The molecule has 0 radical (unpaired) electrons. The highest BCUT2D eigenvalue weighted by Crippen LogP contribution is 2.22. The zero-order valence-corrected chi connectivity index (χ0v) is 16.7. The Balaban J connectivity index is 1.36. The average Bonchev–Trinajstić information content (AvgIpc) is 3.20. The van der Waals surface area contributed by atoms with Gasteiger partial charge in [0, 0.05) is 30.3 Å². The quantitative estimate of drug-likeness (QED) is 0.641. The van der Waals surface area contributed by atoms with Crippen LogP contribution >= 0.6 is 0 Å². The molecule has 0 saturated heterocycles. The number of rotatable bonds is 8.